The number of aryl methyl sites for hydroxylation is 1. The molecule has 0 spiro atoms. The number of hydroxylamine groups is 1. The van der Waals surface area contributed by atoms with Crippen molar-refractivity contribution < 1.29 is 37.2 Å². The van der Waals surface area contributed by atoms with Gasteiger partial charge in [0.1, 0.15) is 0 Å². The van der Waals surface area contributed by atoms with E-state index < -0.39 is 57.0 Å². The molecule has 4 rings (SSSR count). The number of amides is 4. The van der Waals surface area contributed by atoms with Crippen LogP contribution in [-0.4, -0.2) is 62.6 Å². The summed E-state index contributed by atoms with van der Waals surface area (Å²) in [5.41, 5.74) is 5.59. The Hall–Kier alpha value is -3.65. The van der Waals surface area contributed by atoms with Crippen molar-refractivity contribution in [1.29, 1.82) is 0 Å². The van der Waals surface area contributed by atoms with Crippen LogP contribution in [-0.2, 0) is 33.7 Å². The van der Waals surface area contributed by atoms with Crippen LogP contribution in [0, 0.1) is 6.92 Å². The number of benzene rings is 2. The molecule has 1 fully saturated rings. The monoisotopic (exact) mass is 600 g/mol. The van der Waals surface area contributed by atoms with Crippen LogP contribution >= 0.6 is 0 Å². The molecule has 2 heterocycles. The molecule has 0 aromatic heterocycles. The summed E-state index contributed by atoms with van der Waals surface area (Å²) in [6.45, 7) is 3.48. The second-order valence-corrected chi connectivity index (χ2v) is 12.9. The lowest BCUT2D eigenvalue weighted by molar-refractivity contribution is -0.201. The zero-order chi connectivity index (χ0) is 30.7. The molecule has 13 heteroatoms. The molecule has 226 valence electrons. The molecule has 2 aromatic rings. The lowest BCUT2D eigenvalue weighted by Gasteiger charge is -2.34. The lowest BCUT2D eigenvalue weighted by Crippen LogP contribution is -2.53. The molecule has 2 aromatic carbocycles. The van der Waals surface area contributed by atoms with Gasteiger partial charge in [0.05, 0.1) is 17.0 Å². The molecule has 2 aliphatic heterocycles. The predicted octanol–water partition coefficient (Wildman–Crippen LogP) is 1.98. The second kappa shape index (κ2) is 12.7. The number of hydrazine groups is 1. The highest BCUT2D eigenvalue weighted by Gasteiger charge is 2.51. The highest BCUT2D eigenvalue weighted by atomic mass is 32.2. The average molecular weight is 601 g/mol. The second-order valence-electron chi connectivity index (χ2n) is 10.6. The van der Waals surface area contributed by atoms with Gasteiger partial charge in [-0.2, -0.15) is 0 Å². The Bertz CT molecular complexity index is 1450. The Morgan fingerprint density at radius 2 is 1.81 bits per heavy atom. The van der Waals surface area contributed by atoms with Gasteiger partial charge in [-0.05, 0) is 49.4 Å². The number of nitrogens with one attached hydrogen (secondary N) is 2. The number of carbonyl (C=O) groups is 4. The van der Waals surface area contributed by atoms with E-state index in [1.54, 1.807) is 38.1 Å². The van der Waals surface area contributed by atoms with Gasteiger partial charge in [0.2, 0.25) is 0 Å². The Labute approximate surface area is 244 Å². The van der Waals surface area contributed by atoms with Crippen molar-refractivity contribution in [1.82, 2.24) is 15.8 Å². The van der Waals surface area contributed by atoms with Crippen LogP contribution in [0.4, 0.5) is 0 Å². The summed E-state index contributed by atoms with van der Waals surface area (Å²) < 4.78 is 30.2. The third-order valence-electron chi connectivity index (χ3n) is 7.74. The van der Waals surface area contributed by atoms with Crippen molar-refractivity contribution in [2.75, 3.05) is 19.4 Å². The number of sulfone groups is 1. The molecule has 0 bridgehead atoms. The first-order valence-electron chi connectivity index (χ1n) is 13.8. The molecular formula is C29H36N4O8S. The van der Waals surface area contributed by atoms with Gasteiger partial charge < -0.3 is 4.74 Å². The van der Waals surface area contributed by atoms with Crippen molar-refractivity contribution in [3.63, 3.8) is 0 Å². The standard InChI is InChI=1S/C29H36N4O8S/c1-4-14-29(28(37)31-30,42(3,38)39)23-13-12-18(2)16-21(23)22(25(34)32-41-24-11-7-8-15-40-24)17-33-26(35)19-9-5-6-10-20(19)27(33)36/h5-6,9-10,12-13,16,22,24H,4,7-8,11,14-15,17,30H2,1-3H3,(H,31,37)(H,32,34)/t22-,24?,29+/m0/s1. The topological polar surface area (TPSA) is 174 Å². The molecule has 0 aliphatic carbocycles. The van der Waals surface area contributed by atoms with Gasteiger partial charge in [0.15, 0.2) is 20.9 Å². The Balaban J connectivity index is 1.85. The number of hydrogen-bond acceptors (Lipinski definition) is 9. The maximum atomic E-state index is 13.9. The number of fused-ring (bicyclic) bond motifs is 1. The lowest BCUT2D eigenvalue weighted by atomic mass is 9.82. The Kier molecular flexibility index (Phi) is 9.46. The van der Waals surface area contributed by atoms with E-state index in [0.29, 0.717) is 18.6 Å². The molecule has 42 heavy (non-hydrogen) atoms. The van der Waals surface area contributed by atoms with E-state index >= 15 is 0 Å². The van der Waals surface area contributed by atoms with Crippen LogP contribution < -0.4 is 16.7 Å². The Morgan fingerprint density at radius 1 is 1.14 bits per heavy atom. The maximum Gasteiger partial charge on any atom is 0.261 e. The molecule has 1 saturated heterocycles. The third kappa shape index (κ3) is 5.82. The largest absolute Gasteiger partial charge is 0.350 e. The van der Waals surface area contributed by atoms with E-state index in [1.165, 1.54) is 18.2 Å². The minimum absolute atomic E-state index is 0.0195. The average Bonchev–Trinajstić information content (AvgIpc) is 3.21. The molecule has 12 nitrogen and oxygen atoms in total. The Morgan fingerprint density at radius 3 is 2.36 bits per heavy atom. The van der Waals surface area contributed by atoms with Gasteiger partial charge >= 0.3 is 0 Å². The van der Waals surface area contributed by atoms with Crippen molar-refractivity contribution in [3.8, 4) is 0 Å². The SMILES string of the molecule is CCC[C@](C(=O)NN)(c1ccc(C)cc1[C@H](CN1C(=O)c2ccccc2C1=O)C(=O)NOC1CCCCO1)S(C)(=O)=O. The number of nitrogens with zero attached hydrogens (tertiary/aromatic N) is 1. The summed E-state index contributed by atoms with van der Waals surface area (Å²) in [4.78, 5) is 60.3. The highest BCUT2D eigenvalue weighted by molar-refractivity contribution is 7.92. The van der Waals surface area contributed by atoms with Crippen LogP contribution in [0.5, 0.6) is 0 Å². The van der Waals surface area contributed by atoms with Crippen molar-refractivity contribution in [2.45, 2.75) is 62.9 Å². The molecule has 2 aliphatic rings. The van der Waals surface area contributed by atoms with Crippen LogP contribution in [0.25, 0.3) is 0 Å². The van der Waals surface area contributed by atoms with Crippen molar-refractivity contribution in [3.05, 3.63) is 70.3 Å². The van der Waals surface area contributed by atoms with Gasteiger partial charge in [0.25, 0.3) is 23.6 Å². The molecular weight excluding hydrogens is 564 g/mol. The molecule has 0 radical (unpaired) electrons. The quantitative estimate of drug-likeness (QED) is 0.151. The molecule has 0 saturated carbocycles. The van der Waals surface area contributed by atoms with E-state index in [9.17, 15) is 27.6 Å². The van der Waals surface area contributed by atoms with E-state index in [-0.39, 0.29) is 35.1 Å². The number of rotatable bonds is 11. The summed E-state index contributed by atoms with van der Waals surface area (Å²) in [6.07, 6.45) is 2.62. The first kappa shape index (κ1) is 31.3. The van der Waals surface area contributed by atoms with E-state index in [0.717, 1.165) is 24.0 Å². The van der Waals surface area contributed by atoms with Crippen molar-refractivity contribution in [2.24, 2.45) is 5.84 Å². The fraction of sp³-hybridized carbons (Fsp3) is 0.448. The van der Waals surface area contributed by atoms with Gasteiger partial charge in [-0.25, -0.2) is 24.6 Å². The fourth-order valence-electron chi connectivity index (χ4n) is 5.64. The summed E-state index contributed by atoms with van der Waals surface area (Å²) in [5.74, 6) is 1.28. The van der Waals surface area contributed by atoms with Gasteiger partial charge in [0, 0.05) is 25.8 Å². The van der Waals surface area contributed by atoms with Crippen molar-refractivity contribution >= 4 is 33.5 Å². The summed E-state index contributed by atoms with van der Waals surface area (Å²) in [6, 6.07) is 11.0. The summed E-state index contributed by atoms with van der Waals surface area (Å²) in [7, 11) is -4.19. The third-order valence-corrected chi connectivity index (χ3v) is 9.61. The van der Waals surface area contributed by atoms with E-state index in [2.05, 4.69) is 5.48 Å². The first-order valence-corrected chi connectivity index (χ1v) is 15.7. The minimum atomic E-state index is -4.19. The molecule has 1 unspecified atom stereocenters. The fourth-order valence-corrected chi connectivity index (χ4v) is 7.20. The highest BCUT2D eigenvalue weighted by Crippen LogP contribution is 2.41. The summed E-state index contributed by atoms with van der Waals surface area (Å²) in [5, 5.41) is 0. The number of ether oxygens (including phenoxy) is 1. The number of imide groups is 1. The maximum absolute atomic E-state index is 13.9. The normalized spacial score (nSPS) is 19.1. The number of nitrogens with two attached hydrogens (primary N) is 1. The van der Waals surface area contributed by atoms with Gasteiger partial charge in [-0.15, -0.1) is 0 Å². The van der Waals surface area contributed by atoms with Crippen LogP contribution in [0.3, 0.4) is 0 Å². The minimum Gasteiger partial charge on any atom is -0.350 e. The number of hydrogen-bond donors (Lipinski definition) is 3. The van der Waals surface area contributed by atoms with Gasteiger partial charge in [-0.3, -0.25) is 29.5 Å². The molecule has 4 amide bonds. The van der Waals surface area contributed by atoms with Crippen LogP contribution in [0.15, 0.2) is 42.5 Å². The van der Waals surface area contributed by atoms with E-state index in [1.807, 2.05) is 5.43 Å². The molecule has 3 atom stereocenters. The first-order chi connectivity index (χ1) is 20.0. The predicted molar refractivity (Wildman–Crippen MR) is 152 cm³/mol. The summed E-state index contributed by atoms with van der Waals surface area (Å²) >= 11 is 0. The zero-order valence-electron chi connectivity index (χ0n) is 23.8. The number of carbonyl (C=O) groups excluding carboxylic acids is 4. The van der Waals surface area contributed by atoms with Gasteiger partial charge in [-0.1, -0.05) is 49.2 Å². The van der Waals surface area contributed by atoms with Crippen LogP contribution in [0.1, 0.15) is 82.4 Å². The van der Waals surface area contributed by atoms with E-state index in [4.69, 9.17) is 15.4 Å². The zero-order valence-corrected chi connectivity index (χ0v) is 24.7. The smallest absolute Gasteiger partial charge is 0.261 e. The molecule has 4 N–H and O–H groups in total. The van der Waals surface area contributed by atoms with Crippen LogP contribution in [0.2, 0.25) is 0 Å².